The van der Waals surface area contributed by atoms with Gasteiger partial charge >= 0.3 is 0 Å². The highest BCUT2D eigenvalue weighted by Crippen LogP contribution is 2.22. The summed E-state index contributed by atoms with van der Waals surface area (Å²) in [5, 5.41) is 10.7. The van der Waals surface area contributed by atoms with Crippen LogP contribution in [0.3, 0.4) is 0 Å². The molecule has 4 rings (SSSR count). The van der Waals surface area contributed by atoms with Gasteiger partial charge in [0.2, 0.25) is 0 Å². The van der Waals surface area contributed by atoms with E-state index in [1.54, 1.807) is 40.9 Å². The first-order valence-electron chi connectivity index (χ1n) is 8.98. The Labute approximate surface area is 161 Å². The number of anilines is 1. The van der Waals surface area contributed by atoms with Crippen molar-refractivity contribution in [1.29, 1.82) is 0 Å². The van der Waals surface area contributed by atoms with Gasteiger partial charge in [-0.05, 0) is 30.7 Å². The molecule has 0 atom stereocenters. The molecule has 1 fully saturated rings. The molecule has 2 amide bonds. The number of aryl methyl sites for hydroxylation is 1. The molecule has 1 saturated heterocycles. The number of hydrogen-bond acceptors (Lipinski definition) is 6. The molecule has 3 heterocycles. The van der Waals surface area contributed by atoms with Crippen LogP contribution in [0.4, 0.5) is 5.69 Å². The maximum Gasteiger partial charge on any atom is 0.257 e. The van der Waals surface area contributed by atoms with Crippen molar-refractivity contribution in [3.05, 3.63) is 47.2 Å². The summed E-state index contributed by atoms with van der Waals surface area (Å²) in [5.41, 5.74) is 3.40. The molecular formula is C19H20N6O3. The second-order valence-corrected chi connectivity index (χ2v) is 6.62. The fourth-order valence-electron chi connectivity index (χ4n) is 3.18. The number of ether oxygens (including phenoxy) is 1. The van der Waals surface area contributed by atoms with E-state index in [9.17, 15) is 9.59 Å². The molecule has 1 N–H and O–H groups in total. The molecule has 2 aromatic heterocycles. The SMILES string of the molecule is Cc1c(NC(=O)c2cnc3c(c2)nnn3C)cccc1C(=O)N1CCOCC1. The summed E-state index contributed by atoms with van der Waals surface area (Å²) in [4.78, 5) is 31.5. The number of benzene rings is 1. The van der Waals surface area contributed by atoms with Crippen molar-refractivity contribution < 1.29 is 14.3 Å². The molecule has 0 unspecified atom stereocenters. The number of hydrogen-bond donors (Lipinski definition) is 1. The minimum atomic E-state index is -0.320. The monoisotopic (exact) mass is 380 g/mol. The lowest BCUT2D eigenvalue weighted by Gasteiger charge is -2.27. The van der Waals surface area contributed by atoms with Crippen LogP contribution >= 0.6 is 0 Å². The van der Waals surface area contributed by atoms with E-state index in [4.69, 9.17) is 4.74 Å². The van der Waals surface area contributed by atoms with Crippen LogP contribution in [0.15, 0.2) is 30.5 Å². The van der Waals surface area contributed by atoms with Crippen LogP contribution in [0, 0.1) is 6.92 Å². The third-order valence-electron chi connectivity index (χ3n) is 4.81. The normalized spacial score (nSPS) is 14.3. The first-order chi connectivity index (χ1) is 13.5. The number of carbonyl (C=O) groups is 2. The number of amides is 2. The van der Waals surface area contributed by atoms with E-state index in [-0.39, 0.29) is 11.8 Å². The largest absolute Gasteiger partial charge is 0.378 e. The minimum absolute atomic E-state index is 0.0560. The highest BCUT2D eigenvalue weighted by atomic mass is 16.5. The number of nitrogens with one attached hydrogen (secondary N) is 1. The summed E-state index contributed by atoms with van der Waals surface area (Å²) < 4.78 is 6.85. The second-order valence-electron chi connectivity index (χ2n) is 6.62. The zero-order valence-electron chi connectivity index (χ0n) is 15.7. The molecule has 9 nitrogen and oxygen atoms in total. The summed E-state index contributed by atoms with van der Waals surface area (Å²) in [6.45, 7) is 4.04. The second kappa shape index (κ2) is 7.35. The predicted octanol–water partition coefficient (Wildman–Crippen LogP) is 1.40. The molecule has 0 radical (unpaired) electrons. The lowest BCUT2D eigenvalue weighted by atomic mass is 10.0. The van der Waals surface area contributed by atoms with Gasteiger partial charge in [-0.15, -0.1) is 5.10 Å². The van der Waals surface area contributed by atoms with Crippen LogP contribution in [0.25, 0.3) is 11.2 Å². The molecule has 0 spiro atoms. The van der Waals surface area contributed by atoms with Crippen LogP contribution in [0.5, 0.6) is 0 Å². The fourth-order valence-corrected chi connectivity index (χ4v) is 3.18. The van der Waals surface area contributed by atoms with Gasteiger partial charge < -0.3 is 15.0 Å². The Kier molecular flexibility index (Phi) is 4.74. The molecule has 28 heavy (non-hydrogen) atoms. The molecule has 0 aliphatic carbocycles. The standard InChI is InChI=1S/C19H20N6O3/c1-12-14(19(27)25-6-8-28-9-7-25)4-3-5-15(12)21-18(26)13-10-16-17(20-11-13)24(2)23-22-16/h3-5,10-11H,6-9H2,1-2H3,(H,21,26). The van der Waals surface area contributed by atoms with Crippen molar-refractivity contribution in [3.8, 4) is 0 Å². The topological polar surface area (TPSA) is 102 Å². The molecule has 0 bridgehead atoms. The number of aromatic nitrogens is 4. The van der Waals surface area contributed by atoms with E-state index >= 15 is 0 Å². The van der Waals surface area contributed by atoms with Crippen LogP contribution in [0.1, 0.15) is 26.3 Å². The first kappa shape index (κ1) is 18.1. The van der Waals surface area contributed by atoms with E-state index in [2.05, 4.69) is 20.6 Å². The fraction of sp³-hybridized carbons (Fsp3) is 0.316. The number of carbonyl (C=O) groups excluding carboxylic acids is 2. The Hall–Kier alpha value is -3.33. The third-order valence-corrected chi connectivity index (χ3v) is 4.81. The van der Waals surface area contributed by atoms with E-state index in [1.807, 2.05) is 6.92 Å². The maximum absolute atomic E-state index is 12.8. The molecule has 0 saturated carbocycles. The zero-order chi connectivity index (χ0) is 19.7. The molecule has 9 heteroatoms. The number of nitrogens with zero attached hydrogens (tertiary/aromatic N) is 5. The van der Waals surface area contributed by atoms with Crippen molar-refractivity contribution in [2.75, 3.05) is 31.6 Å². The van der Waals surface area contributed by atoms with Gasteiger partial charge in [-0.25, -0.2) is 9.67 Å². The van der Waals surface area contributed by atoms with Crippen LogP contribution in [-0.4, -0.2) is 63.0 Å². The van der Waals surface area contributed by atoms with Crippen molar-refractivity contribution in [3.63, 3.8) is 0 Å². The van der Waals surface area contributed by atoms with Gasteiger partial charge in [0.1, 0.15) is 5.52 Å². The summed E-state index contributed by atoms with van der Waals surface area (Å²) in [6, 6.07) is 6.96. The summed E-state index contributed by atoms with van der Waals surface area (Å²) in [5.74, 6) is -0.376. The van der Waals surface area contributed by atoms with Crippen LogP contribution in [0.2, 0.25) is 0 Å². The van der Waals surface area contributed by atoms with E-state index in [1.165, 1.54) is 6.20 Å². The number of pyridine rings is 1. The van der Waals surface area contributed by atoms with Crippen molar-refractivity contribution in [2.45, 2.75) is 6.92 Å². The van der Waals surface area contributed by atoms with Gasteiger partial charge in [-0.1, -0.05) is 11.3 Å². The molecule has 1 aliphatic rings. The van der Waals surface area contributed by atoms with Crippen molar-refractivity contribution in [2.24, 2.45) is 7.05 Å². The quantitative estimate of drug-likeness (QED) is 0.737. The van der Waals surface area contributed by atoms with Crippen molar-refractivity contribution in [1.82, 2.24) is 24.9 Å². The summed E-state index contributed by atoms with van der Waals surface area (Å²) in [6.07, 6.45) is 1.49. The average molecular weight is 380 g/mol. The lowest BCUT2D eigenvalue weighted by Crippen LogP contribution is -2.41. The highest BCUT2D eigenvalue weighted by Gasteiger charge is 2.21. The summed E-state index contributed by atoms with van der Waals surface area (Å²) >= 11 is 0. The minimum Gasteiger partial charge on any atom is -0.378 e. The Morgan fingerprint density at radius 1 is 1.21 bits per heavy atom. The first-order valence-corrected chi connectivity index (χ1v) is 8.98. The van der Waals surface area contributed by atoms with E-state index in [0.29, 0.717) is 54.3 Å². The van der Waals surface area contributed by atoms with E-state index < -0.39 is 0 Å². The lowest BCUT2D eigenvalue weighted by molar-refractivity contribution is 0.0302. The van der Waals surface area contributed by atoms with Gasteiger partial charge in [0.05, 0.1) is 18.8 Å². The molecule has 3 aromatic rings. The van der Waals surface area contributed by atoms with E-state index in [0.717, 1.165) is 5.56 Å². The third kappa shape index (κ3) is 3.31. The number of rotatable bonds is 3. The van der Waals surface area contributed by atoms with Crippen LogP contribution in [-0.2, 0) is 11.8 Å². The Balaban J connectivity index is 1.57. The van der Waals surface area contributed by atoms with Gasteiger partial charge in [0.15, 0.2) is 5.65 Å². The Morgan fingerprint density at radius 3 is 2.79 bits per heavy atom. The van der Waals surface area contributed by atoms with Gasteiger partial charge in [-0.3, -0.25) is 9.59 Å². The maximum atomic E-state index is 12.8. The smallest absolute Gasteiger partial charge is 0.257 e. The highest BCUT2D eigenvalue weighted by molar-refractivity contribution is 6.07. The average Bonchev–Trinajstić information content (AvgIpc) is 3.10. The zero-order valence-corrected chi connectivity index (χ0v) is 15.7. The predicted molar refractivity (Wildman–Crippen MR) is 102 cm³/mol. The van der Waals surface area contributed by atoms with Crippen LogP contribution < -0.4 is 5.32 Å². The molecular weight excluding hydrogens is 360 g/mol. The Bertz CT molecular complexity index is 1060. The van der Waals surface area contributed by atoms with Crippen molar-refractivity contribution >= 4 is 28.7 Å². The molecule has 144 valence electrons. The number of fused-ring (bicyclic) bond motifs is 1. The van der Waals surface area contributed by atoms with Gasteiger partial charge in [0.25, 0.3) is 11.8 Å². The van der Waals surface area contributed by atoms with Gasteiger partial charge in [0, 0.05) is 37.6 Å². The number of morpholine rings is 1. The van der Waals surface area contributed by atoms with Gasteiger partial charge in [-0.2, -0.15) is 0 Å². The molecule has 1 aromatic carbocycles. The summed E-state index contributed by atoms with van der Waals surface area (Å²) in [7, 11) is 1.74. The Morgan fingerprint density at radius 2 is 2.00 bits per heavy atom. The molecule has 1 aliphatic heterocycles.